The fourth-order valence-electron chi connectivity index (χ4n) is 7.22. The molecule has 2 atom stereocenters. The van der Waals surface area contributed by atoms with Gasteiger partial charge in [0.25, 0.3) is 15.9 Å². The van der Waals surface area contributed by atoms with Gasteiger partial charge in [0.05, 0.1) is 37.0 Å². The van der Waals surface area contributed by atoms with Crippen molar-refractivity contribution in [3.05, 3.63) is 101 Å². The summed E-state index contributed by atoms with van der Waals surface area (Å²) in [4.78, 5) is 24.3. The number of halogens is 1. The summed E-state index contributed by atoms with van der Waals surface area (Å²) < 4.78 is 47.1. The lowest BCUT2D eigenvalue weighted by atomic mass is 9.80. The minimum atomic E-state index is -4.43. The number of nitrogens with zero attached hydrogens (tertiary/aromatic N) is 4. The molecule has 4 aromatic rings. The first kappa shape index (κ1) is 31.6. The molecule has 246 valence electrons. The Labute approximate surface area is 279 Å². The summed E-state index contributed by atoms with van der Waals surface area (Å²) in [5, 5.41) is 3.69. The molecule has 0 saturated carbocycles. The fourth-order valence-corrected chi connectivity index (χ4v) is 8.84. The van der Waals surface area contributed by atoms with E-state index in [1.165, 1.54) is 25.5 Å². The Morgan fingerprint density at radius 2 is 1.79 bits per heavy atom. The van der Waals surface area contributed by atoms with E-state index in [2.05, 4.69) is 15.2 Å². The van der Waals surface area contributed by atoms with Gasteiger partial charge >= 0.3 is 0 Å². The van der Waals surface area contributed by atoms with Crippen LogP contribution in [0.4, 0.5) is 5.69 Å². The Morgan fingerprint density at radius 1 is 1.00 bits per heavy atom. The molecule has 2 saturated heterocycles. The number of likely N-dealkylation sites (tertiary alicyclic amines) is 1. The normalized spacial score (nSPS) is 22.1. The standard InChI is InChI=1S/C34H36ClN5O6S/c1-44-25-7-9-26(10-8-25)47(42,43)40-30-21-24(35)6-11-27(30)34(33(40)41,39-16-3-4-29(39)32-37-15-19-46-32)28-20-23(5-12-31(28)45-2)22-38-17-13-36-14-18-38/h5-12,15,19-21,29,36H,3-4,13-14,16-18,22H2,1-2H3. The monoisotopic (exact) mass is 677 g/mol. The van der Waals surface area contributed by atoms with Gasteiger partial charge in [0.2, 0.25) is 5.89 Å². The number of amides is 1. The van der Waals surface area contributed by atoms with Crippen molar-refractivity contribution >= 4 is 33.2 Å². The van der Waals surface area contributed by atoms with Crippen molar-refractivity contribution in [1.29, 1.82) is 0 Å². The van der Waals surface area contributed by atoms with Gasteiger partial charge in [-0.25, -0.2) is 17.7 Å². The second kappa shape index (κ2) is 12.6. The van der Waals surface area contributed by atoms with Crippen LogP contribution in [0.3, 0.4) is 0 Å². The summed E-state index contributed by atoms with van der Waals surface area (Å²) in [6.07, 6.45) is 4.49. The second-order valence-corrected chi connectivity index (χ2v) is 14.1. The van der Waals surface area contributed by atoms with Gasteiger partial charge in [-0.05, 0) is 66.9 Å². The molecule has 0 radical (unpaired) electrons. The van der Waals surface area contributed by atoms with E-state index >= 15 is 4.79 Å². The molecule has 13 heteroatoms. The first-order chi connectivity index (χ1) is 22.8. The highest BCUT2D eigenvalue weighted by molar-refractivity contribution is 7.93. The minimum absolute atomic E-state index is 0.0570. The SMILES string of the molecule is COc1ccc(S(=O)(=O)N2C(=O)C(c3cc(CN4CCNCC4)ccc3OC)(N3CCCC3c3ncco3)c3ccc(Cl)cc32)cc1. The van der Waals surface area contributed by atoms with Crippen molar-refractivity contribution in [2.24, 2.45) is 0 Å². The molecule has 1 N–H and O–H groups in total. The summed E-state index contributed by atoms with van der Waals surface area (Å²) in [5.74, 6) is 0.760. The maximum absolute atomic E-state index is 15.5. The third kappa shape index (κ3) is 5.28. The Morgan fingerprint density at radius 3 is 2.49 bits per heavy atom. The van der Waals surface area contributed by atoms with Gasteiger partial charge in [-0.3, -0.25) is 14.6 Å². The number of hydrogen-bond acceptors (Lipinski definition) is 10. The first-order valence-corrected chi connectivity index (χ1v) is 17.4. The van der Waals surface area contributed by atoms with Gasteiger partial charge in [-0.1, -0.05) is 23.7 Å². The van der Waals surface area contributed by atoms with Crippen LogP contribution in [-0.4, -0.2) is 76.1 Å². The summed E-state index contributed by atoms with van der Waals surface area (Å²) in [7, 11) is -1.36. The Kier molecular flexibility index (Phi) is 8.48. The highest BCUT2D eigenvalue weighted by Crippen LogP contribution is 2.56. The number of aromatic nitrogens is 1. The van der Waals surface area contributed by atoms with Crippen LogP contribution in [0.25, 0.3) is 0 Å². The molecular weight excluding hydrogens is 642 g/mol. The Balaban J connectivity index is 1.48. The molecule has 47 heavy (non-hydrogen) atoms. The van der Waals surface area contributed by atoms with E-state index in [1.807, 2.05) is 23.1 Å². The highest BCUT2D eigenvalue weighted by atomic mass is 35.5. The number of methoxy groups -OCH3 is 2. The lowest BCUT2D eigenvalue weighted by molar-refractivity contribution is -0.127. The molecule has 4 heterocycles. The van der Waals surface area contributed by atoms with Crippen molar-refractivity contribution < 1.29 is 27.1 Å². The van der Waals surface area contributed by atoms with Crippen LogP contribution in [0.2, 0.25) is 5.02 Å². The van der Waals surface area contributed by atoms with Crippen LogP contribution in [0, 0.1) is 0 Å². The highest BCUT2D eigenvalue weighted by Gasteiger charge is 2.62. The van der Waals surface area contributed by atoms with Gasteiger partial charge in [0.1, 0.15) is 17.8 Å². The molecule has 2 fully saturated rings. The van der Waals surface area contributed by atoms with Crippen LogP contribution in [0.15, 0.2) is 82.4 Å². The lowest BCUT2D eigenvalue weighted by Crippen LogP contribution is -2.54. The van der Waals surface area contributed by atoms with Gasteiger partial charge in [-0.15, -0.1) is 0 Å². The zero-order chi connectivity index (χ0) is 32.8. The molecule has 3 aliphatic rings. The predicted molar refractivity (Wildman–Crippen MR) is 176 cm³/mol. The van der Waals surface area contributed by atoms with E-state index in [-0.39, 0.29) is 10.6 Å². The van der Waals surface area contributed by atoms with E-state index in [0.717, 1.165) is 42.5 Å². The Bertz CT molecular complexity index is 1880. The summed E-state index contributed by atoms with van der Waals surface area (Å²) in [5.41, 5.74) is 0.576. The van der Waals surface area contributed by atoms with E-state index in [1.54, 1.807) is 43.6 Å². The molecule has 0 bridgehead atoms. The smallest absolute Gasteiger partial charge is 0.271 e. The van der Waals surface area contributed by atoms with E-state index in [0.29, 0.717) is 53.0 Å². The van der Waals surface area contributed by atoms with Gasteiger partial charge in [0.15, 0.2) is 5.54 Å². The summed E-state index contributed by atoms with van der Waals surface area (Å²) in [6.45, 7) is 4.70. The molecule has 1 amide bonds. The number of benzene rings is 3. The molecule has 7 rings (SSSR count). The lowest BCUT2D eigenvalue weighted by Gasteiger charge is -2.41. The van der Waals surface area contributed by atoms with Crippen molar-refractivity contribution in [3.63, 3.8) is 0 Å². The molecule has 2 unspecified atom stereocenters. The van der Waals surface area contributed by atoms with Crippen molar-refractivity contribution in [1.82, 2.24) is 20.1 Å². The number of fused-ring (bicyclic) bond motifs is 1. The van der Waals surface area contributed by atoms with E-state index < -0.39 is 27.5 Å². The summed E-state index contributed by atoms with van der Waals surface area (Å²) in [6, 6.07) is 16.4. The van der Waals surface area contributed by atoms with Gasteiger partial charge in [0, 0.05) is 55.4 Å². The Hall–Kier alpha value is -3.94. The molecule has 3 aliphatic heterocycles. The molecule has 1 aromatic heterocycles. The summed E-state index contributed by atoms with van der Waals surface area (Å²) >= 11 is 6.55. The van der Waals surface area contributed by atoms with Crippen molar-refractivity contribution in [2.75, 3.05) is 51.2 Å². The van der Waals surface area contributed by atoms with Crippen LogP contribution in [0.1, 0.15) is 41.5 Å². The zero-order valence-electron chi connectivity index (χ0n) is 26.2. The topological polar surface area (TPSA) is 117 Å². The van der Waals surface area contributed by atoms with Crippen LogP contribution >= 0.6 is 11.6 Å². The number of sulfonamides is 1. The second-order valence-electron chi connectivity index (χ2n) is 11.9. The number of rotatable bonds is 9. The van der Waals surface area contributed by atoms with E-state index in [4.69, 9.17) is 25.5 Å². The zero-order valence-corrected chi connectivity index (χ0v) is 27.8. The quantitative estimate of drug-likeness (QED) is 0.270. The molecule has 11 nitrogen and oxygen atoms in total. The number of ether oxygens (including phenoxy) is 2. The van der Waals surface area contributed by atoms with Gasteiger partial charge in [-0.2, -0.15) is 0 Å². The number of nitrogens with one attached hydrogen (secondary N) is 1. The number of anilines is 1. The van der Waals surface area contributed by atoms with Crippen LogP contribution < -0.4 is 19.1 Å². The van der Waals surface area contributed by atoms with Crippen LogP contribution in [-0.2, 0) is 26.9 Å². The first-order valence-electron chi connectivity index (χ1n) is 15.6. The third-order valence-corrected chi connectivity index (χ3v) is 11.3. The molecule has 3 aromatic carbocycles. The minimum Gasteiger partial charge on any atom is -0.497 e. The maximum atomic E-state index is 15.5. The van der Waals surface area contributed by atoms with Crippen molar-refractivity contribution in [3.8, 4) is 11.5 Å². The molecule has 0 aliphatic carbocycles. The fraction of sp³-hybridized carbons (Fsp3) is 0.353. The predicted octanol–water partition coefficient (Wildman–Crippen LogP) is 4.57. The number of carbonyl (C=O) groups excluding carboxylic acids is 1. The molecule has 0 spiro atoms. The third-order valence-electron chi connectivity index (χ3n) is 9.35. The number of oxazole rings is 1. The van der Waals surface area contributed by atoms with Crippen molar-refractivity contribution in [2.45, 2.75) is 35.9 Å². The number of piperazine rings is 1. The number of carbonyl (C=O) groups is 1. The van der Waals surface area contributed by atoms with E-state index in [9.17, 15) is 8.42 Å². The van der Waals surface area contributed by atoms with Crippen LogP contribution in [0.5, 0.6) is 11.5 Å². The average molecular weight is 678 g/mol. The average Bonchev–Trinajstić information content (AvgIpc) is 3.84. The molecular formula is C34H36ClN5O6S. The van der Waals surface area contributed by atoms with Gasteiger partial charge < -0.3 is 19.2 Å². The number of hydrogen-bond donors (Lipinski definition) is 1. The maximum Gasteiger partial charge on any atom is 0.271 e. The largest absolute Gasteiger partial charge is 0.497 e.